The van der Waals surface area contributed by atoms with Crippen molar-refractivity contribution in [3.63, 3.8) is 0 Å². The van der Waals surface area contributed by atoms with Crippen LogP contribution < -0.4 is 10.2 Å². The number of anilines is 1. The lowest BCUT2D eigenvalue weighted by atomic mass is 10.0. The van der Waals surface area contributed by atoms with Gasteiger partial charge in [-0.05, 0) is 49.6 Å². The van der Waals surface area contributed by atoms with Crippen molar-refractivity contribution < 1.29 is 4.39 Å². The fourth-order valence-corrected chi connectivity index (χ4v) is 4.81. The number of hydrogen-bond acceptors (Lipinski definition) is 6. The van der Waals surface area contributed by atoms with E-state index in [1.54, 1.807) is 12.4 Å². The van der Waals surface area contributed by atoms with Crippen LogP contribution in [0.15, 0.2) is 42.9 Å². The second-order valence-electron chi connectivity index (χ2n) is 8.98. The summed E-state index contributed by atoms with van der Waals surface area (Å²) in [4.78, 5) is 19.6. The van der Waals surface area contributed by atoms with Gasteiger partial charge in [-0.1, -0.05) is 6.92 Å². The molecule has 1 aliphatic rings. The van der Waals surface area contributed by atoms with Crippen LogP contribution in [0.25, 0.3) is 44.6 Å². The zero-order valence-corrected chi connectivity index (χ0v) is 19.6. The molecule has 6 rings (SSSR count). The Balaban J connectivity index is 1.43. The molecule has 5 aromatic rings. The normalized spacial score (nSPS) is 14.3. The summed E-state index contributed by atoms with van der Waals surface area (Å²) in [5.74, 6) is 1.21. The lowest BCUT2D eigenvalue weighted by molar-refractivity contribution is 0.574. The number of halogens is 1. The first-order valence-corrected chi connectivity index (χ1v) is 12.1. The van der Waals surface area contributed by atoms with Crippen molar-refractivity contribution in [2.24, 2.45) is 0 Å². The fraction of sp³-hybridized carbons (Fsp3) is 0.308. The third-order valence-corrected chi connectivity index (χ3v) is 6.60. The van der Waals surface area contributed by atoms with Crippen molar-refractivity contribution >= 4 is 27.8 Å². The number of aromatic nitrogens is 6. The number of rotatable bonds is 6. The predicted molar refractivity (Wildman–Crippen MR) is 136 cm³/mol. The van der Waals surface area contributed by atoms with Crippen molar-refractivity contribution in [2.75, 3.05) is 24.5 Å². The van der Waals surface area contributed by atoms with Crippen LogP contribution in [0.4, 0.5) is 10.2 Å². The van der Waals surface area contributed by atoms with Crippen molar-refractivity contribution in [2.45, 2.75) is 32.7 Å². The third-order valence-electron chi connectivity index (χ3n) is 6.60. The first kappa shape index (κ1) is 21.7. The third kappa shape index (κ3) is 4.01. The van der Waals surface area contributed by atoms with Crippen LogP contribution in [0.1, 0.15) is 31.7 Å². The smallest absolute Gasteiger partial charge is 0.159 e. The summed E-state index contributed by atoms with van der Waals surface area (Å²) in [6.45, 7) is 5.57. The quantitative estimate of drug-likeness (QED) is 0.330. The molecule has 1 aliphatic heterocycles. The molecule has 5 heterocycles. The molecule has 9 heteroatoms. The standard InChI is InChI=1S/C26H27FN8/c1-2-28-13-16-10-17(15-29-14-16)18-11-19-22(12-20(18)27)33-34-23(19)25-31-21-6-7-30-26(24(21)32-25)35-8-4-3-5-9-35/h6-7,10-12,14-15,28H,2-5,8-9,13H2,1H3,(H,31,32)(H,33,34). The van der Waals surface area contributed by atoms with Crippen LogP contribution in [0.5, 0.6) is 0 Å². The Kier molecular flexibility index (Phi) is 5.61. The highest BCUT2D eigenvalue weighted by molar-refractivity contribution is 5.97. The van der Waals surface area contributed by atoms with Crippen molar-refractivity contribution in [1.29, 1.82) is 0 Å². The zero-order valence-electron chi connectivity index (χ0n) is 19.6. The number of pyridine rings is 2. The van der Waals surface area contributed by atoms with Gasteiger partial charge in [-0.2, -0.15) is 5.10 Å². The van der Waals surface area contributed by atoms with Gasteiger partial charge in [0.15, 0.2) is 11.6 Å². The number of aromatic amines is 2. The lowest BCUT2D eigenvalue weighted by Crippen LogP contribution is -2.30. The maximum Gasteiger partial charge on any atom is 0.159 e. The number of nitrogens with one attached hydrogen (secondary N) is 3. The molecular weight excluding hydrogens is 443 g/mol. The summed E-state index contributed by atoms with van der Waals surface area (Å²) in [6.07, 6.45) is 8.89. The van der Waals surface area contributed by atoms with E-state index in [0.717, 1.165) is 65.8 Å². The molecule has 0 saturated carbocycles. The monoisotopic (exact) mass is 470 g/mol. The van der Waals surface area contributed by atoms with E-state index in [4.69, 9.17) is 4.98 Å². The second-order valence-corrected chi connectivity index (χ2v) is 8.98. The first-order valence-electron chi connectivity index (χ1n) is 12.1. The fourth-order valence-electron chi connectivity index (χ4n) is 4.81. The summed E-state index contributed by atoms with van der Waals surface area (Å²) in [5.41, 5.74) is 5.24. The number of piperidine rings is 1. The average Bonchev–Trinajstić information content (AvgIpc) is 3.51. The molecule has 1 fully saturated rings. The minimum absolute atomic E-state index is 0.323. The van der Waals surface area contributed by atoms with E-state index >= 15 is 4.39 Å². The van der Waals surface area contributed by atoms with Gasteiger partial charge in [0, 0.05) is 60.8 Å². The van der Waals surface area contributed by atoms with E-state index in [-0.39, 0.29) is 5.82 Å². The minimum atomic E-state index is -0.323. The number of nitrogens with zero attached hydrogens (tertiary/aromatic N) is 5. The summed E-state index contributed by atoms with van der Waals surface area (Å²) < 4.78 is 15.1. The molecule has 0 aliphatic carbocycles. The number of imidazole rings is 1. The Morgan fingerprint density at radius 1 is 1.09 bits per heavy atom. The number of fused-ring (bicyclic) bond motifs is 2. The van der Waals surface area contributed by atoms with Gasteiger partial charge in [0.05, 0.1) is 11.0 Å². The van der Waals surface area contributed by atoms with Gasteiger partial charge in [-0.25, -0.2) is 14.4 Å². The molecule has 1 saturated heterocycles. The highest BCUT2D eigenvalue weighted by atomic mass is 19.1. The second kappa shape index (κ2) is 9.07. The molecule has 35 heavy (non-hydrogen) atoms. The SMILES string of the molecule is CCNCc1cncc(-c2cc3c(-c4nc5c(N6CCCCC6)nccc5[nH]4)n[nH]c3cc2F)c1. The van der Waals surface area contributed by atoms with Crippen LogP contribution >= 0.6 is 0 Å². The Bertz CT molecular complexity index is 1500. The van der Waals surface area contributed by atoms with Crippen molar-refractivity contribution in [3.8, 4) is 22.6 Å². The molecule has 4 aromatic heterocycles. The van der Waals surface area contributed by atoms with Gasteiger partial charge in [-0.15, -0.1) is 0 Å². The van der Waals surface area contributed by atoms with E-state index < -0.39 is 0 Å². The molecule has 1 aromatic carbocycles. The van der Waals surface area contributed by atoms with E-state index in [1.165, 1.54) is 12.5 Å². The number of H-pyrrole nitrogens is 2. The number of hydrogen-bond donors (Lipinski definition) is 3. The maximum atomic E-state index is 15.1. The van der Waals surface area contributed by atoms with Crippen LogP contribution in [0.2, 0.25) is 0 Å². The van der Waals surface area contributed by atoms with Gasteiger partial charge in [0.25, 0.3) is 0 Å². The maximum absolute atomic E-state index is 15.1. The molecule has 3 N–H and O–H groups in total. The topological polar surface area (TPSA) is 98.4 Å². The number of benzene rings is 1. The zero-order chi connectivity index (χ0) is 23.8. The molecule has 0 spiro atoms. The predicted octanol–water partition coefficient (Wildman–Crippen LogP) is 4.80. The average molecular weight is 471 g/mol. The Labute approximate surface area is 202 Å². The van der Waals surface area contributed by atoms with Crippen LogP contribution in [0.3, 0.4) is 0 Å². The summed E-state index contributed by atoms with van der Waals surface area (Å²) in [6, 6.07) is 7.22. The summed E-state index contributed by atoms with van der Waals surface area (Å²) >= 11 is 0. The Morgan fingerprint density at radius 2 is 1.97 bits per heavy atom. The first-order chi connectivity index (χ1) is 17.2. The van der Waals surface area contributed by atoms with Crippen LogP contribution in [-0.4, -0.2) is 49.8 Å². The van der Waals surface area contributed by atoms with Gasteiger partial charge in [0.1, 0.15) is 17.0 Å². The van der Waals surface area contributed by atoms with Gasteiger partial charge in [0.2, 0.25) is 0 Å². The molecule has 0 radical (unpaired) electrons. The van der Waals surface area contributed by atoms with E-state index in [2.05, 4.69) is 42.3 Å². The van der Waals surface area contributed by atoms with Crippen molar-refractivity contribution in [1.82, 2.24) is 35.5 Å². The van der Waals surface area contributed by atoms with Gasteiger partial charge in [-0.3, -0.25) is 10.1 Å². The Morgan fingerprint density at radius 3 is 2.83 bits per heavy atom. The molecule has 0 amide bonds. The minimum Gasteiger partial charge on any atom is -0.355 e. The summed E-state index contributed by atoms with van der Waals surface area (Å²) in [7, 11) is 0. The molecule has 0 unspecified atom stereocenters. The van der Waals surface area contributed by atoms with E-state index in [1.807, 2.05) is 24.4 Å². The van der Waals surface area contributed by atoms with E-state index in [9.17, 15) is 0 Å². The van der Waals surface area contributed by atoms with Crippen LogP contribution in [-0.2, 0) is 6.54 Å². The molecular formula is C26H27FN8. The van der Waals surface area contributed by atoms with Gasteiger partial charge >= 0.3 is 0 Å². The molecule has 0 atom stereocenters. The molecule has 8 nitrogen and oxygen atoms in total. The van der Waals surface area contributed by atoms with Crippen LogP contribution in [0, 0.1) is 5.82 Å². The van der Waals surface area contributed by atoms with Crippen molar-refractivity contribution in [3.05, 3.63) is 54.2 Å². The molecule has 0 bridgehead atoms. The highest BCUT2D eigenvalue weighted by Crippen LogP contribution is 2.34. The van der Waals surface area contributed by atoms with E-state index in [0.29, 0.717) is 29.1 Å². The largest absolute Gasteiger partial charge is 0.355 e. The molecule has 178 valence electrons. The highest BCUT2D eigenvalue weighted by Gasteiger charge is 2.20. The van der Waals surface area contributed by atoms with Gasteiger partial charge < -0.3 is 15.2 Å². The Hall–Kier alpha value is -3.85. The summed E-state index contributed by atoms with van der Waals surface area (Å²) in [5, 5.41) is 11.5. The lowest BCUT2D eigenvalue weighted by Gasteiger charge is -2.27.